The Morgan fingerprint density at radius 1 is 1.47 bits per heavy atom. The van der Waals surface area contributed by atoms with Crippen molar-refractivity contribution in [3.8, 4) is 6.07 Å². The Kier molecular flexibility index (Phi) is 2.56. The Bertz CT molecular complexity index is 402. The number of hydrogen-bond donors (Lipinski definition) is 0. The highest BCUT2D eigenvalue weighted by atomic mass is 32.1. The number of nitrogens with zero attached hydrogens (tertiary/aromatic N) is 2. The first-order valence-electron chi connectivity index (χ1n) is 5.39. The second kappa shape index (κ2) is 3.61. The SMILES string of the molecule is CC(C)(C)c1nc(C2CC2)sc1CC#N. The molecule has 1 saturated carbocycles. The number of nitriles is 1. The number of aromatic nitrogens is 1. The molecular formula is C12H16N2S. The minimum absolute atomic E-state index is 0.0653. The molecule has 2 rings (SSSR count). The van der Waals surface area contributed by atoms with Crippen LogP contribution >= 0.6 is 11.3 Å². The molecule has 2 nitrogen and oxygen atoms in total. The molecule has 1 aromatic heterocycles. The van der Waals surface area contributed by atoms with Crippen LogP contribution in [0.25, 0.3) is 0 Å². The third-order valence-electron chi connectivity index (χ3n) is 2.59. The summed E-state index contributed by atoms with van der Waals surface area (Å²) in [4.78, 5) is 5.90. The van der Waals surface area contributed by atoms with Crippen molar-refractivity contribution in [1.82, 2.24) is 4.98 Å². The Balaban J connectivity index is 2.37. The fourth-order valence-corrected chi connectivity index (χ4v) is 3.03. The standard InChI is InChI=1S/C12H16N2S/c1-12(2,3)10-9(6-7-13)15-11(14-10)8-4-5-8/h8H,4-6H2,1-3H3. The van der Waals surface area contributed by atoms with E-state index in [-0.39, 0.29) is 5.41 Å². The largest absolute Gasteiger partial charge is 0.245 e. The molecule has 1 aliphatic rings. The zero-order valence-corrected chi connectivity index (χ0v) is 10.3. The van der Waals surface area contributed by atoms with Gasteiger partial charge in [-0.05, 0) is 12.8 Å². The van der Waals surface area contributed by atoms with Gasteiger partial charge in [0.05, 0.1) is 23.2 Å². The summed E-state index contributed by atoms with van der Waals surface area (Å²) < 4.78 is 0. The molecule has 80 valence electrons. The summed E-state index contributed by atoms with van der Waals surface area (Å²) in [5.41, 5.74) is 1.20. The molecule has 1 fully saturated rings. The normalized spacial score (nSPS) is 16.4. The van der Waals surface area contributed by atoms with Crippen LogP contribution in [0.15, 0.2) is 0 Å². The molecule has 0 N–H and O–H groups in total. The van der Waals surface area contributed by atoms with Gasteiger partial charge >= 0.3 is 0 Å². The van der Waals surface area contributed by atoms with E-state index >= 15 is 0 Å². The van der Waals surface area contributed by atoms with Crippen molar-refractivity contribution in [1.29, 1.82) is 5.26 Å². The topological polar surface area (TPSA) is 36.7 Å². The van der Waals surface area contributed by atoms with Crippen molar-refractivity contribution in [2.75, 3.05) is 0 Å². The lowest BCUT2D eigenvalue weighted by Crippen LogP contribution is -2.14. The Labute approximate surface area is 95.0 Å². The number of thiazole rings is 1. The molecule has 0 atom stereocenters. The van der Waals surface area contributed by atoms with Crippen LogP contribution in [0.1, 0.15) is 55.1 Å². The molecule has 3 heteroatoms. The molecule has 0 radical (unpaired) electrons. The fraction of sp³-hybridized carbons (Fsp3) is 0.667. The lowest BCUT2D eigenvalue weighted by atomic mass is 9.91. The third kappa shape index (κ3) is 2.21. The maximum atomic E-state index is 8.80. The number of hydrogen-bond acceptors (Lipinski definition) is 3. The average molecular weight is 220 g/mol. The van der Waals surface area contributed by atoms with E-state index < -0.39 is 0 Å². The van der Waals surface area contributed by atoms with E-state index in [1.807, 2.05) is 0 Å². The van der Waals surface area contributed by atoms with Gasteiger partial charge < -0.3 is 0 Å². The van der Waals surface area contributed by atoms with Gasteiger partial charge in [-0.1, -0.05) is 20.8 Å². The fourth-order valence-electron chi connectivity index (χ4n) is 1.65. The van der Waals surface area contributed by atoms with E-state index in [1.54, 1.807) is 11.3 Å². The second-order valence-corrected chi connectivity index (χ2v) is 6.30. The van der Waals surface area contributed by atoms with Gasteiger partial charge in [-0.25, -0.2) is 4.98 Å². The first-order chi connectivity index (χ1) is 7.02. The van der Waals surface area contributed by atoms with Crippen molar-refractivity contribution in [3.63, 3.8) is 0 Å². The molecule has 15 heavy (non-hydrogen) atoms. The molecule has 1 aromatic rings. The summed E-state index contributed by atoms with van der Waals surface area (Å²) in [7, 11) is 0. The zero-order valence-electron chi connectivity index (χ0n) is 9.50. The van der Waals surface area contributed by atoms with Crippen LogP contribution in [0.5, 0.6) is 0 Å². The highest BCUT2D eigenvalue weighted by molar-refractivity contribution is 7.11. The molecule has 0 saturated heterocycles. The molecule has 0 aliphatic heterocycles. The highest BCUT2D eigenvalue weighted by Gasteiger charge is 2.30. The second-order valence-electron chi connectivity index (χ2n) is 5.18. The molecule has 1 aliphatic carbocycles. The van der Waals surface area contributed by atoms with E-state index in [1.165, 1.54) is 22.7 Å². The van der Waals surface area contributed by atoms with E-state index in [2.05, 4.69) is 26.8 Å². The van der Waals surface area contributed by atoms with Crippen LogP contribution in [0.2, 0.25) is 0 Å². The zero-order chi connectivity index (χ0) is 11.1. The molecular weight excluding hydrogens is 204 g/mol. The minimum atomic E-state index is 0.0653. The summed E-state index contributed by atoms with van der Waals surface area (Å²) in [5, 5.41) is 10.1. The van der Waals surface area contributed by atoms with Gasteiger partial charge in [0, 0.05) is 16.2 Å². The summed E-state index contributed by atoms with van der Waals surface area (Å²) in [6.07, 6.45) is 3.07. The van der Waals surface area contributed by atoms with Crippen LogP contribution < -0.4 is 0 Å². The van der Waals surface area contributed by atoms with Crippen molar-refractivity contribution in [2.45, 2.75) is 51.4 Å². The van der Waals surface area contributed by atoms with E-state index in [0.29, 0.717) is 12.3 Å². The van der Waals surface area contributed by atoms with Gasteiger partial charge in [-0.2, -0.15) is 5.26 Å². The van der Waals surface area contributed by atoms with Crippen molar-refractivity contribution in [2.24, 2.45) is 0 Å². The van der Waals surface area contributed by atoms with Gasteiger partial charge in [0.2, 0.25) is 0 Å². The average Bonchev–Trinajstić information content (AvgIpc) is 2.87. The predicted molar refractivity (Wildman–Crippen MR) is 62.1 cm³/mol. The monoisotopic (exact) mass is 220 g/mol. The van der Waals surface area contributed by atoms with Crippen molar-refractivity contribution in [3.05, 3.63) is 15.6 Å². The summed E-state index contributed by atoms with van der Waals surface area (Å²) in [6.45, 7) is 6.50. The molecule has 0 aromatic carbocycles. The molecule has 0 unspecified atom stereocenters. The third-order valence-corrected chi connectivity index (χ3v) is 3.81. The smallest absolute Gasteiger partial charge is 0.0962 e. The van der Waals surface area contributed by atoms with Crippen LogP contribution in [0.3, 0.4) is 0 Å². The summed E-state index contributed by atoms with van der Waals surface area (Å²) in [6, 6.07) is 2.24. The van der Waals surface area contributed by atoms with Crippen LogP contribution in [-0.4, -0.2) is 4.98 Å². The van der Waals surface area contributed by atoms with Crippen LogP contribution in [0.4, 0.5) is 0 Å². The van der Waals surface area contributed by atoms with E-state index in [9.17, 15) is 0 Å². The first kappa shape index (κ1) is 10.6. The van der Waals surface area contributed by atoms with Crippen LogP contribution in [-0.2, 0) is 11.8 Å². The molecule has 1 heterocycles. The summed E-state index contributed by atoms with van der Waals surface area (Å²) >= 11 is 1.75. The Morgan fingerprint density at radius 3 is 2.60 bits per heavy atom. The van der Waals surface area contributed by atoms with Gasteiger partial charge in [0.15, 0.2) is 0 Å². The quantitative estimate of drug-likeness (QED) is 0.766. The van der Waals surface area contributed by atoms with Gasteiger partial charge in [-0.3, -0.25) is 0 Å². The first-order valence-corrected chi connectivity index (χ1v) is 6.21. The van der Waals surface area contributed by atoms with Crippen molar-refractivity contribution >= 4 is 11.3 Å². The predicted octanol–water partition coefficient (Wildman–Crippen LogP) is 3.38. The van der Waals surface area contributed by atoms with Gasteiger partial charge in [-0.15, -0.1) is 11.3 Å². The molecule has 0 spiro atoms. The van der Waals surface area contributed by atoms with Gasteiger partial charge in [0.25, 0.3) is 0 Å². The van der Waals surface area contributed by atoms with Crippen molar-refractivity contribution < 1.29 is 0 Å². The molecule has 0 amide bonds. The lowest BCUT2D eigenvalue weighted by molar-refractivity contribution is 0.566. The van der Waals surface area contributed by atoms with E-state index in [4.69, 9.17) is 10.2 Å². The Hall–Kier alpha value is -0.880. The molecule has 0 bridgehead atoms. The lowest BCUT2D eigenvalue weighted by Gasteiger charge is -2.16. The van der Waals surface area contributed by atoms with Crippen LogP contribution in [0, 0.1) is 11.3 Å². The number of rotatable bonds is 2. The minimum Gasteiger partial charge on any atom is -0.245 e. The maximum Gasteiger partial charge on any atom is 0.0962 e. The van der Waals surface area contributed by atoms with Gasteiger partial charge in [0.1, 0.15) is 0 Å². The van der Waals surface area contributed by atoms with E-state index in [0.717, 1.165) is 5.69 Å². The maximum absolute atomic E-state index is 8.80. The Morgan fingerprint density at radius 2 is 2.13 bits per heavy atom. The highest BCUT2D eigenvalue weighted by Crippen LogP contribution is 2.44. The summed E-state index contributed by atoms with van der Waals surface area (Å²) in [5.74, 6) is 0.698.